The van der Waals surface area contributed by atoms with Crippen LogP contribution in [-0.2, 0) is 23.1 Å². The summed E-state index contributed by atoms with van der Waals surface area (Å²) < 4.78 is 99.7. The molecule has 26 heavy (non-hydrogen) atoms. The summed E-state index contributed by atoms with van der Waals surface area (Å²) in [4.78, 5) is 12.0. The molecule has 1 aliphatic heterocycles. The molecule has 0 unspecified atom stereocenters. The lowest BCUT2D eigenvalue weighted by molar-refractivity contribution is -0.165. The van der Waals surface area contributed by atoms with Crippen LogP contribution in [0.3, 0.4) is 0 Å². The maximum atomic E-state index is 12.6. The van der Waals surface area contributed by atoms with Crippen molar-refractivity contribution in [2.75, 3.05) is 20.3 Å². The zero-order valence-electron chi connectivity index (χ0n) is 13.2. The number of ether oxygens (including phenoxy) is 1. The monoisotopic (exact) mass is 409 g/mol. The van der Waals surface area contributed by atoms with Crippen LogP contribution in [-0.4, -0.2) is 43.5 Å². The third-order valence-corrected chi connectivity index (χ3v) is 4.53. The molecule has 148 valence electrons. The molecule has 0 amide bonds. The van der Waals surface area contributed by atoms with Crippen LogP contribution in [0.4, 0.5) is 26.3 Å². The Morgan fingerprint density at radius 3 is 2.19 bits per heavy atom. The number of hydrogen-bond donors (Lipinski definition) is 0. The Labute approximate surface area is 144 Å². The predicted molar refractivity (Wildman–Crippen MR) is 76.5 cm³/mol. The van der Waals surface area contributed by atoms with E-state index in [-0.39, 0.29) is 6.42 Å². The summed E-state index contributed by atoms with van der Waals surface area (Å²) in [6, 6.07) is 0. The third-order valence-electron chi connectivity index (χ3n) is 2.62. The highest BCUT2D eigenvalue weighted by Gasteiger charge is 2.42. The quantitative estimate of drug-likeness (QED) is 0.273. The first-order valence-electron chi connectivity index (χ1n) is 6.81. The van der Waals surface area contributed by atoms with Crippen LogP contribution in [0.25, 0.3) is 0 Å². The molecule has 0 atom stereocenters. The fourth-order valence-electron chi connectivity index (χ4n) is 1.60. The van der Waals surface area contributed by atoms with Gasteiger partial charge in [-0.1, -0.05) is 6.08 Å². The van der Waals surface area contributed by atoms with Crippen LogP contribution in [0, 0.1) is 0 Å². The molecule has 0 saturated carbocycles. The highest BCUT2D eigenvalue weighted by atomic mass is 31.2. The van der Waals surface area contributed by atoms with Crippen molar-refractivity contribution in [1.82, 2.24) is 4.90 Å². The molecule has 0 spiro atoms. The Balaban J connectivity index is 3.12. The summed E-state index contributed by atoms with van der Waals surface area (Å²) in [5.74, 6) is -0.856. The summed E-state index contributed by atoms with van der Waals surface area (Å²) in [5.41, 5.74) is -0.589. The van der Waals surface area contributed by atoms with Gasteiger partial charge in [-0.15, -0.1) is 0 Å². The number of carbonyl (C=O) groups excluding carboxylic acids is 1. The van der Waals surface area contributed by atoms with Crippen LogP contribution >= 0.6 is 7.60 Å². The van der Waals surface area contributed by atoms with E-state index in [2.05, 4.69) is 13.8 Å². The molecule has 0 aromatic carbocycles. The van der Waals surface area contributed by atoms with E-state index in [1.54, 1.807) is 0 Å². The van der Waals surface area contributed by atoms with Crippen molar-refractivity contribution in [3.05, 3.63) is 36.1 Å². The number of nitrogens with zero attached hydrogens (tertiary/aromatic N) is 1. The van der Waals surface area contributed by atoms with Crippen molar-refractivity contribution in [1.29, 1.82) is 0 Å². The van der Waals surface area contributed by atoms with Gasteiger partial charge in [-0.25, -0.2) is 4.79 Å². The highest BCUT2D eigenvalue weighted by molar-refractivity contribution is 7.58. The van der Waals surface area contributed by atoms with Gasteiger partial charge in [-0.05, 0) is 12.5 Å². The fourth-order valence-corrected chi connectivity index (χ4v) is 3.32. The number of allylic oxidation sites excluding steroid dienone is 2. The topological polar surface area (TPSA) is 65.1 Å². The SMILES string of the molecule is COC(=O)/C=C/N1C=CCC=C1P(=O)(OCC(F)(F)F)OCC(F)(F)F. The minimum atomic E-state index is -5.02. The van der Waals surface area contributed by atoms with Crippen molar-refractivity contribution >= 4 is 13.6 Å². The molecule has 0 aliphatic carbocycles. The number of rotatable bonds is 7. The molecule has 1 rings (SSSR count). The Morgan fingerprint density at radius 1 is 1.19 bits per heavy atom. The Hall–Kier alpha value is -1.78. The molecule has 0 aromatic heterocycles. The first-order chi connectivity index (χ1) is 11.9. The number of alkyl halides is 6. The van der Waals surface area contributed by atoms with Gasteiger partial charge in [0.25, 0.3) is 0 Å². The first kappa shape index (κ1) is 22.3. The zero-order chi connectivity index (χ0) is 20.0. The van der Waals surface area contributed by atoms with Crippen molar-refractivity contribution in [3.63, 3.8) is 0 Å². The van der Waals surface area contributed by atoms with Gasteiger partial charge < -0.3 is 9.64 Å². The normalized spacial score (nSPS) is 16.1. The number of methoxy groups -OCH3 is 1. The molecule has 0 fully saturated rings. The van der Waals surface area contributed by atoms with E-state index in [4.69, 9.17) is 0 Å². The van der Waals surface area contributed by atoms with Gasteiger partial charge in [0.2, 0.25) is 0 Å². The third kappa shape index (κ3) is 7.63. The molecule has 1 aliphatic rings. The number of carbonyl (C=O) groups is 1. The molecular weight excluding hydrogens is 395 g/mol. The van der Waals surface area contributed by atoms with Crippen molar-refractivity contribution < 1.29 is 49.5 Å². The van der Waals surface area contributed by atoms with E-state index >= 15 is 0 Å². The van der Waals surface area contributed by atoms with Crippen molar-refractivity contribution in [3.8, 4) is 0 Å². The molecule has 13 heteroatoms. The van der Waals surface area contributed by atoms with Gasteiger partial charge in [0, 0.05) is 18.5 Å². The van der Waals surface area contributed by atoms with Gasteiger partial charge in [-0.3, -0.25) is 13.6 Å². The number of esters is 1. The predicted octanol–water partition coefficient (Wildman–Crippen LogP) is 4.08. The second-order valence-electron chi connectivity index (χ2n) is 4.70. The van der Waals surface area contributed by atoms with E-state index < -0.39 is 44.6 Å². The maximum absolute atomic E-state index is 12.6. The van der Waals surface area contributed by atoms with E-state index in [9.17, 15) is 35.7 Å². The van der Waals surface area contributed by atoms with Crippen LogP contribution in [0.2, 0.25) is 0 Å². The molecule has 0 N–H and O–H groups in total. The highest BCUT2D eigenvalue weighted by Crippen LogP contribution is 2.59. The summed E-state index contributed by atoms with van der Waals surface area (Å²) in [6.07, 6.45) is -4.40. The van der Waals surface area contributed by atoms with Crippen LogP contribution in [0.1, 0.15) is 6.42 Å². The van der Waals surface area contributed by atoms with Crippen molar-refractivity contribution in [2.24, 2.45) is 0 Å². The molecule has 1 heterocycles. The first-order valence-corrected chi connectivity index (χ1v) is 8.35. The van der Waals surface area contributed by atoms with Gasteiger partial charge in [0.1, 0.15) is 5.44 Å². The standard InChI is InChI=1S/C13H14F6NO5P/c1-23-11(21)5-7-20-6-3-2-4-10(20)26(22,24-8-12(14,15)16)25-9-13(17,18)19/h3-7H,2,8-9H2,1H3/b7-5+. The number of halogens is 6. The summed E-state index contributed by atoms with van der Waals surface area (Å²) in [6.45, 7) is -4.17. The molecule has 6 nitrogen and oxygen atoms in total. The lowest BCUT2D eigenvalue weighted by Crippen LogP contribution is -2.23. The fraction of sp³-hybridized carbons (Fsp3) is 0.462. The van der Waals surface area contributed by atoms with E-state index in [1.165, 1.54) is 12.3 Å². The van der Waals surface area contributed by atoms with Gasteiger partial charge in [0.05, 0.1) is 7.11 Å². The van der Waals surface area contributed by atoms with E-state index in [0.29, 0.717) is 0 Å². The minimum Gasteiger partial charge on any atom is -0.466 e. The average Bonchev–Trinajstić information content (AvgIpc) is 2.55. The summed E-state index contributed by atoms with van der Waals surface area (Å²) in [5, 5.41) is 0. The average molecular weight is 409 g/mol. The second-order valence-corrected chi connectivity index (χ2v) is 6.67. The van der Waals surface area contributed by atoms with Gasteiger partial charge in [0.15, 0.2) is 13.2 Å². The van der Waals surface area contributed by atoms with E-state index in [0.717, 1.165) is 30.4 Å². The lowest BCUT2D eigenvalue weighted by atomic mass is 10.3. The molecule has 0 saturated heterocycles. The van der Waals surface area contributed by atoms with Crippen LogP contribution in [0.15, 0.2) is 36.1 Å². The van der Waals surface area contributed by atoms with Gasteiger partial charge >= 0.3 is 25.9 Å². The van der Waals surface area contributed by atoms with Crippen LogP contribution < -0.4 is 0 Å². The Morgan fingerprint density at radius 2 is 1.73 bits per heavy atom. The summed E-state index contributed by atoms with van der Waals surface area (Å²) >= 11 is 0. The maximum Gasteiger partial charge on any atom is 0.412 e. The van der Waals surface area contributed by atoms with Gasteiger partial charge in [-0.2, -0.15) is 26.3 Å². The smallest absolute Gasteiger partial charge is 0.412 e. The molecular formula is C13H14F6NO5P. The van der Waals surface area contributed by atoms with Crippen molar-refractivity contribution in [2.45, 2.75) is 18.8 Å². The zero-order valence-corrected chi connectivity index (χ0v) is 14.1. The molecule has 0 radical (unpaired) electrons. The second kappa shape index (κ2) is 8.74. The lowest BCUT2D eigenvalue weighted by Gasteiger charge is -2.29. The minimum absolute atomic E-state index is 0.0483. The Bertz CT molecular complexity index is 618. The summed E-state index contributed by atoms with van der Waals surface area (Å²) in [7, 11) is -3.96. The largest absolute Gasteiger partial charge is 0.466 e. The van der Waals surface area contributed by atoms with Crippen LogP contribution in [0.5, 0.6) is 0 Å². The molecule has 0 aromatic rings. The Kier molecular flexibility index (Phi) is 7.48. The molecule has 0 bridgehead atoms. The number of hydrogen-bond acceptors (Lipinski definition) is 6. The van der Waals surface area contributed by atoms with E-state index in [1.807, 2.05) is 0 Å².